The maximum atomic E-state index is 13.7. The van der Waals surface area contributed by atoms with E-state index in [1.807, 2.05) is 67.8 Å². The molecule has 7 heteroatoms. The average molecular weight is 445 g/mol. The highest BCUT2D eigenvalue weighted by molar-refractivity contribution is 7.11. The Hall–Kier alpha value is -3.45. The lowest BCUT2D eigenvalue weighted by molar-refractivity contribution is -0.120. The largest absolute Gasteiger partial charge is 0.363 e. The fourth-order valence-electron chi connectivity index (χ4n) is 4.33. The van der Waals surface area contributed by atoms with Gasteiger partial charge in [-0.1, -0.05) is 24.3 Å². The van der Waals surface area contributed by atoms with E-state index < -0.39 is 0 Å². The number of piperazine rings is 1. The van der Waals surface area contributed by atoms with E-state index in [4.69, 9.17) is 0 Å². The molecule has 2 amide bonds. The molecule has 0 aliphatic carbocycles. The highest BCUT2D eigenvalue weighted by Crippen LogP contribution is 2.38. The van der Waals surface area contributed by atoms with E-state index in [-0.39, 0.29) is 11.8 Å². The van der Waals surface area contributed by atoms with Gasteiger partial charge >= 0.3 is 0 Å². The molecule has 0 atom stereocenters. The minimum absolute atomic E-state index is 0.238. The Bertz CT molecular complexity index is 1200. The number of pyridine rings is 1. The first kappa shape index (κ1) is 20.5. The Morgan fingerprint density at radius 3 is 2.34 bits per heavy atom. The summed E-state index contributed by atoms with van der Waals surface area (Å²) in [6.07, 6.45) is 1.79. The fraction of sp³-hybridized carbons (Fsp3) is 0.240. The summed E-state index contributed by atoms with van der Waals surface area (Å²) in [6.45, 7) is 6.69. The second kappa shape index (κ2) is 8.24. The Balaban J connectivity index is 1.50. The van der Waals surface area contributed by atoms with Crippen LogP contribution < -0.4 is 9.80 Å². The first-order chi connectivity index (χ1) is 15.5. The van der Waals surface area contributed by atoms with Gasteiger partial charge in [-0.3, -0.25) is 9.59 Å². The van der Waals surface area contributed by atoms with Crippen LogP contribution in [0, 0.1) is 13.8 Å². The van der Waals surface area contributed by atoms with E-state index in [0.717, 1.165) is 34.9 Å². The SMILES string of the molecule is Cc1ccc(C)c(N2C(=O)C(c3cccs3)=C(N3CCN(c4ccccn4)CC3)C2=O)c1. The number of hydrogen-bond acceptors (Lipinski definition) is 6. The number of thiophene rings is 1. The third-order valence-electron chi connectivity index (χ3n) is 6.00. The van der Waals surface area contributed by atoms with Crippen LogP contribution in [0.25, 0.3) is 5.57 Å². The van der Waals surface area contributed by atoms with E-state index in [1.165, 1.54) is 16.2 Å². The summed E-state index contributed by atoms with van der Waals surface area (Å²) in [4.78, 5) is 38.3. The monoisotopic (exact) mass is 444 g/mol. The molecule has 2 aliphatic rings. The van der Waals surface area contributed by atoms with Gasteiger partial charge in [0.05, 0.1) is 11.3 Å². The lowest BCUT2D eigenvalue weighted by atomic mass is 10.1. The average Bonchev–Trinajstić information content (AvgIpc) is 3.42. The van der Waals surface area contributed by atoms with Crippen LogP contribution in [0.3, 0.4) is 0 Å². The molecule has 1 fully saturated rings. The Morgan fingerprint density at radius 1 is 0.875 bits per heavy atom. The summed E-state index contributed by atoms with van der Waals surface area (Å²) in [6, 6.07) is 15.6. The molecule has 4 heterocycles. The summed E-state index contributed by atoms with van der Waals surface area (Å²) >= 11 is 1.49. The summed E-state index contributed by atoms with van der Waals surface area (Å²) in [7, 11) is 0. The van der Waals surface area contributed by atoms with Gasteiger partial charge in [-0.2, -0.15) is 0 Å². The van der Waals surface area contributed by atoms with Crippen molar-refractivity contribution in [3.05, 3.63) is 81.8 Å². The van der Waals surface area contributed by atoms with Crippen molar-refractivity contribution >= 4 is 40.2 Å². The van der Waals surface area contributed by atoms with Gasteiger partial charge in [0, 0.05) is 37.3 Å². The number of aromatic nitrogens is 1. The summed E-state index contributed by atoms with van der Waals surface area (Å²) in [5.41, 5.74) is 3.61. The van der Waals surface area contributed by atoms with Crippen molar-refractivity contribution in [1.82, 2.24) is 9.88 Å². The number of rotatable bonds is 4. The van der Waals surface area contributed by atoms with Gasteiger partial charge in [-0.25, -0.2) is 9.88 Å². The fourth-order valence-corrected chi connectivity index (χ4v) is 5.10. The van der Waals surface area contributed by atoms with Gasteiger partial charge in [-0.05, 0) is 54.6 Å². The summed E-state index contributed by atoms with van der Waals surface area (Å²) in [5, 5.41) is 1.94. The molecular formula is C25H24N4O2S. The molecule has 3 aromatic rings. The van der Waals surface area contributed by atoms with Crippen molar-refractivity contribution in [2.24, 2.45) is 0 Å². The van der Waals surface area contributed by atoms with Gasteiger partial charge in [-0.15, -0.1) is 11.3 Å². The minimum atomic E-state index is -0.242. The number of hydrogen-bond donors (Lipinski definition) is 0. The number of anilines is 2. The van der Waals surface area contributed by atoms with Crippen LogP contribution in [0.1, 0.15) is 16.0 Å². The number of imide groups is 1. The van der Waals surface area contributed by atoms with Crippen LogP contribution in [0.2, 0.25) is 0 Å². The molecule has 0 N–H and O–H groups in total. The van der Waals surface area contributed by atoms with Gasteiger partial charge in [0.25, 0.3) is 11.8 Å². The van der Waals surface area contributed by atoms with E-state index >= 15 is 0 Å². The molecule has 162 valence electrons. The lowest BCUT2D eigenvalue weighted by Crippen LogP contribution is -2.48. The Kier molecular flexibility index (Phi) is 5.27. The van der Waals surface area contributed by atoms with E-state index in [9.17, 15) is 9.59 Å². The predicted octanol–water partition coefficient (Wildman–Crippen LogP) is 3.87. The molecule has 2 aliphatic heterocycles. The minimum Gasteiger partial charge on any atom is -0.363 e. The van der Waals surface area contributed by atoms with Gasteiger partial charge in [0.1, 0.15) is 11.5 Å². The van der Waals surface area contributed by atoms with Crippen LogP contribution in [-0.4, -0.2) is 47.9 Å². The van der Waals surface area contributed by atoms with Crippen molar-refractivity contribution in [3.8, 4) is 0 Å². The van der Waals surface area contributed by atoms with Gasteiger partial charge < -0.3 is 9.80 Å². The van der Waals surface area contributed by atoms with Crippen molar-refractivity contribution in [2.45, 2.75) is 13.8 Å². The zero-order chi connectivity index (χ0) is 22.2. The van der Waals surface area contributed by atoms with Crippen LogP contribution in [0.15, 0.2) is 65.8 Å². The molecule has 0 spiro atoms. The first-order valence-electron chi connectivity index (χ1n) is 10.7. The standard InChI is InChI=1S/C25H24N4O2S/c1-17-8-9-18(2)19(16-17)29-24(30)22(20-6-5-15-32-20)23(25(29)31)28-13-11-27(12-14-28)21-7-3-4-10-26-21/h3-10,15-16H,11-14H2,1-2H3. The quantitative estimate of drug-likeness (QED) is 0.572. The van der Waals surface area contributed by atoms with Gasteiger partial charge in [0.15, 0.2) is 0 Å². The molecule has 0 radical (unpaired) electrons. The maximum Gasteiger partial charge on any atom is 0.282 e. The topological polar surface area (TPSA) is 56.8 Å². The number of nitrogens with zero attached hydrogens (tertiary/aromatic N) is 4. The molecule has 32 heavy (non-hydrogen) atoms. The Labute approximate surface area is 191 Å². The van der Waals surface area contributed by atoms with Crippen molar-refractivity contribution < 1.29 is 9.59 Å². The third-order valence-corrected chi connectivity index (χ3v) is 6.89. The van der Waals surface area contributed by atoms with Crippen LogP contribution in [0.4, 0.5) is 11.5 Å². The zero-order valence-corrected chi connectivity index (χ0v) is 18.9. The number of carbonyl (C=O) groups excluding carboxylic acids is 2. The smallest absolute Gasteiger partial charge is 0.282 e. The normalized spacial score (nSPS) is 17.0. The first-order valence-corrected chi connectivity index (χ1v) is 11.6. The number of aryl methyl sites for hydroxylation is 2. The molecule has 0 bridgehead atoms. The molecule has 0 unspecified atom stereocenters. The lowest BCUT2D eigenvalue weighted by Gasteiger charge is -2.37. The maximum absolute atomic E-state index is 13.7. The number of amides is 2. The Morgan fingerprint density at radius 2 is 1.66 bits per heavy atom. The molecule has 5 rings (SSSR count). The van der Waals surface area contributed by atoms with E-state index in [1.54, 1.807) is 6.20 Å². The summed E-state index contributed by atoms with van der Waals surface area (Å²) < 4.78 is 0. The molecule has 2 aromatic heterocycles. The van der Waals surface area contributed by atoms with Crippen molar-refractivity contribution in [2.75, 3.05) is 36.0 Å². The zero-order valence-electron chi connectivity index (χ0n) is 18.1. The van der Waals surface area contributed by atoms with Crippen molar-refractivity contribution in [3.63, 3.8) is 0 Å². The van der Waals surface area contributed by atoms with Crippen LogP contribution in [-0.2, 0) is 9.59 Å². The molecule has 1 saturated heterocycles. The van der Waals surface area contributed by atoms with Crippen LogP contribution in [0.5, 0.6) is 0 Å². The second-order valence-corrected chi connectivity index (χ2v) is 9.05. The van der Waals surface area contributed by atoms with E-state index in [0.29, 0.717) is 30.0 Å². The molecular weight excluding hydrogens is 420 g/mol. The second-order valence-electron chi connectivity index (χ2n) is 8.10. The molecule has 1 aromatic carbocycles. The number of carbonyl (C=O) groups is 2. The van der Waals surface area contributed by atoms with Crippen LogP contribution >= 0.6 is 11.3 Å². The third kappa shape index (κ3) is 3.48. The summed E-state index contributed by atoms with van der Waals surface area (Å²) in [5.74, 6) is 0.456. The highest BCUT2D eigenvalue weighted by atomic mass is 32.1. The molecule has 6 nitrogen and oxygen atoms in total. The number of benzene rings is 1. The predicted molar refractivity (Wildman–Crippen MR) is 128 cm³/mol. The van der Waals surface area contributed by atoms with Crippen molar-refractivity contribution in [1.29, 1.82) is 0 Å². The molecule has 0 saturated carbocycles. The highest BCUT2D eigenvalue weighted by Gasteiger charge is 2.43. The van der Waals surface area contributed by atoms with Gasteiger partial charge in [0.2, 0.25) is 0 Å². The van der Waals surface area contributed by atoms with E-state index in [2.05, 4.69) is 14.8 Å².